The van der Waals surface area contributed by atoms with Crippen LogP contribution in [-0.4, -0.2) is 56.4 Å². The molecule has 4 rings (SSSR count). The first kappa shape index (κ1) is 18.1. The maximum atomic E-state index is 13.3. The quantitative estimate of drug-likeness (QED) is 0.673. The number of hydrogen-bond donors (Lipinski definition) is 1. The van der Waals surface area contributed by atoms with Gasteiger partial charge in [-0.05, 0) is 47.2 Å². The molecule has 7 nitrogen and oxygen atoms in total. The Bertz CT molecular complexity index is 903. The molecule has 1 atom stereocenters. The van der Waals surface area contributed by atoms with Gasteiger partial charge in [-0.1, -0.05) is 0 Å². The number of carbonyl (C=O) groups excluding carboxylic acids is 1. The molecule has 0 aromatic carbocycles. The van der Waals surface area contributed by atoms with E-state index < -0.39 is 0 Å². The van der Waals surface area contributed by atoms with Crippen molar-refractivity contribution in [1.29, 1.82) is 0 Å². The number of amides is 1. The molecular weight excluding hydrogens is 364 g/mol. The van der Waals surface area contributed by atoms with Crippen molar-refractivity contribution in [1.82, 2.24) is 19.5 Å². The fourth-order valence-electron chi connectivity index (χ4n) is 3.35. The Morgan fingerprint density at radius 1 is 1.41 bits per heavy atom. The Morgan fingerprint density at radius 3 is 3.07 bits per heavy atom. The van der Waals surface area contributed by atoms with E-state index in [9.17, 15) is 4.79 Å². The van der Waals surface area contributed by atoms with Gasteiger partial charge in [0.2, 0.25) is 0 Å². The van der Waals surface area contributed by atoms with Crippen LogP contribution in [0.2, 0.25) is 0 Å². The summed E-state index contributed by atoms with van der Waals surface area (Å²) in [6.45, 7) is 1.92. The normalized spacial score (nSPS) is 16.9. The molecular formula is C19H22N4O3S. The van der Waals surface area contributed by atoms with Gasteiger partial charge in [-0.15, -0.1) is 0 Å². The first-order chi connectivity index (χ1) is 13.2. The van der Waals surface area contributed by atoms with Crippen LogP contribution < -0.4 is 0 Å². The lowest BCUT2D eigenvalue weighted by molar-refractivity contribution is 0.0509. The molecule has 0 radical (unpaired) electrons. The number of aliphatic hydroxyl groups is 1. The molecule has 1 saturated heterocycles. The summed E-state index contributed by atoms with van der Waals surface area (Å²) < 4.78 is 7.35. The van der Waals surface area contributed by atoms with Crippen molar-refractivity contribution in [3.63, 3.8) is 0 Å². The van der Waals surface area contributed by atoms with Crippen molar-refractivity contribution in [2.24, 2.45) is 0 Å². The Hall–Kier alpha value is -2.29. The van der Waals surface area contributed by atoms with Crippen LogP contribution in [0.3, 0.4) is 0 Å². The summed E-state index contributed by atoms with van der Waals surface area (Å²) in [4.78, 5) is 19.5. The topological polar surface area (TPSA) is 80.0 Å². The molecule has 3 aromatic rings. The van der Waals surface area contributed by atoms with Gasteiger partial charge in [0, 0.05) is 38.7 Å². The minimum absolute atomic E-state index is 0.0516. The summed E-state index contributed by atoms with van der Waals surface area (Å²) in [6.07, 6.45) is 7.67. The van der Waals surface area contributed by atoms with Crippen LogP contribution in [0.5, 0.6) is 0 Å². The first-order valence-corrected chi connectivity index (χ1v) is 10.0. The van der Waals surface area contributed by atoms with Gasteiger partial charge in [0.05, 0.1) is 12.3 Å². The SMILES string of the molecule is O=C(c1cnn2cc(CCO)cnc12)N(Cc1ccsc1)C[C@H]1CCCO1. The molecule has 4 heterocycles. The molecule has 1 aliphatic heterocycles. The third kappa shape index (κ3) is 4.02. The number of aromatic nitrogens is 3. The zero-order chi connectivity index (χ0) is 18.6. The molecule has 27 heavy (non-hydrogen) atoms. The first-order valence-electron chi connectivity index (χ1n) is 9.09. The van der Waals surface area contributed by atoms with Crippen LogP contribution in [0, 0.1) is 0 Å². The molecule has 1 amide bonds. The number of thiophene rings is 1. The molecule has 142 valence electrons. The van der Waals surface area contributed by atoms with Gasteiger partial charge < -0.3 is 14.7 Å². The molecule has 3 aromatic heterocycles. The molecule has 0 spiro atoms. The van der Waals surface area contributed by atoms with Gasteiger partial charge in [-0.2, -0.15) is 16.4 Å². The predicted octanol–water partition coefficient (Wildman–Crippen LogP) is 2.15. The highest BCUT2D eigenvalue weighted by molar-refractivity contribution is 7.07. The Labute approximate surface area is 161 Å². The third-order valence-corrected chi connectivity index (χ3v) is 5.46. The van der Waals surface area contributed by atoms with Gasteiger partial charge in [-0.3, -0.25) is 4.79 Å². The largest absolute Gasteiger partial charge is 0.396 e. The van der Waals surface area contributed by atoms with E-state index in [1.807, 2.05) is 16.3 Å². The van der Waals surface area contributed by atoms with E-state index in [4.69, 9.17) is 9.84 Å². The van der Waals surface area contributed by atoms with Crippen molar-refractivity contribution in [2.45, 2.75) is 31.9 Å². The molecule has 1 N–H and O–H groups in total. The maximum Gasteiger partial charge on any atom is 0.259 e. The number of aliphatic hydroxyl groups excluding tert-OH is 1. The van der Waals surface area contributed by atoms with Crippen molar-refractivity contribution in [3.05, 3.63) is 52.1 Å². The maximum absolute atomic E-state index is 13.3. The van der Waals surface area contributed by atoms with Crippen LogP contribution in [-0.2, 0) is 17.7 Å². The summed E-state index contributed by atoms with van der Waals surface area (Å²) >= 11 is 1.62. The number of carbonyl (C=O) groups is 1. The Morgan fingerprint density at radius 2 is 2.33 bits per heavy atom. The smallest absolute Gasteiger partial charge is 0.259 e. The number of fused-ring (bicyclic) bond motifs is 1. The highest BCUT2D eigenvalue weighted by Crippen LogP contribution is 2.20. The fourth-order valence-corrected chi connectivity index (χ4v) is 4.01. The molecule has 0 unspecified atom stereocenters. The second-order valence-corrected chi connectivity index (χ2v) is 7.49. The standard InChI is InChI=1S/C19H22N4O3S/c24-5-3-14-8-20-18-17(9-21-23(18)11-14)19(25)22(10-15-4-7-27-13-15)12-16-2-1-6-26-16/h4,7-9,11,13,16,24H,1-3,5-6,10,12H2/t16-/m1/s1. The van der Waals surface area contributed by atoms with E-state index >= 15 is 0 Å². The lowest BCUT2D eigenvalue weighted by Crippen LogP contribution is -2.36. The van der Waals surface area contributed by atoms with Gasteiger partial charge in [0.15, 0.2) is 5.65 Å². The molecule has 1 aliphatic rings. The van der Waals surface area contributed by atoms with E-state index in [2.05, 4.69) is 15.5 Å². The summed E-state index contributed by atoms with van der Waals surface area (Å²) in [6, 6.07) is 2.04. The van der Waals surface area contributed by atoms with Crippen LogP contribution in [0.25, 0.3) is 5.65 Å². The van der Waals surface area contributed by atoms with Gasteiger partial charge in [-0.25, -0.2) is 9.50 Å². The fraction of sp³-hybridized carbons (Fsp3) is 0.421. The second kappa shape index (κ2) is 8.16. The Balaban J connectivity index is 1.60. The van der Waals surface area contributed by atoms with Gasteiger partial charge >= 0.3 is 0 Å². The number of hydrogen-bond acceptors (Lipinski definition) is 6. The van der Waals surface area contributed by atoms with Gasteiger partial charge in [0.25, 0.3) is 5.91 Å². The summed E-state index contributed by atoms with van der Waals surface area (Å²) in [5.74, 6) is -0.0888. The highest BCUT2D eigenvalue weighted by Gasteiger charge is 2.26. The molecule has 1 fully saturated rings. The predicted molar refractivity (Wildman–Crippen MR) is 102 cm³/mol. The average molecular weight is 386 g/mol. The summed E-state index contributed by atoms with van der Waals surface area (Å²) in [5, 5.41) is 17.5. The summed E-state index contributed by atoms with van der Waals surface area (Å²) in [5.41, 5.74) is 3.01. The van der Waals surface area contributed by atoms with E-state index in [0.29, 0.717) is 30.7 Å². The van der Waals surface area contributed by atoms with Crippen LogP contribution in [0.1, 0.15) is 34.3 Å². The van der Waals surface area contributed by atoms with E-state index in [0.717, 1.165) is 30.6 Å². The third-order valence-electron chi connectivity index (χ3n) is 4.73. The molecule has 8 heteroatoms. The highest BCUT2D eigenvalue weighted by atomic mass is 32.1. The molecule has 0 saturated carbocycles. The molecule has 0 bridgehead atoms. The van der Waals surface area contributed by atoms with Crippen molar-refractivity contribution >= 4 is 22.9 Å². The van der Waals surface area contributed by atoms with Crippen molar-refractivity contribution < 1.29 is 14.6 Å². The van der Waals surface area contributed by atoms with E-state index in [1.54, 1.807) is 34.4 Å². The minimum Gasteiger partial charge on any atom is -0.396 e. The average Bonchev–Trinajstić information content (AvgIpc) is 3.43. The van der Waals surface area contributed by atoms with E-state index in [1.165, 1.54) is 0 Å². The Kier molecular flexibility index (Phi) is 5.47. The molecule has 0 aliphatic carbocycles. The van der Waals surface area contributed by atoms with Crippen molar-refractivity contribution in [2.75, 3.05) is 19.8 Å². The number of nitrogens with zero attached hydrogens (tertiary/aromatic N) is 4. The zero-order valence-corrected chi connectivity index (χ0v) is 15.8. The van der Waals surface area contributed by atoms with E-state index in [-0.39, 0.29) is 18.6 Å². The van der Waals surface area contributed by atoms with Crippen LogP contribution in [0.4, 0.5) is 0 Å². The second-order valence-electron chi connectivity index (χ2n) is 6.71. The lowest BCUT2D eigenvalue weighted by Gasteiger charge is -2.25. The minimum atomic E-state index is -0.0888. The lowest BCUT2D eigenvalue weighted by atomic mass is 10.2. The van der Waals surface area contributed by atoms with Crippen LogP contribution >= 0.6 is 11.3 Å². The summed E-state index contributed by atoms with van der Waals surface area (Å²) in [7, 11) is 0. The zero-order valence-electron chi connectivity index (χ0n) is 15.0. The number of rotatable bonds is 7. The monoisotopic (exact) mass is 386 g/mol. The van der Waals surface area contributed by atoms with Crippen LogP contribution in [0.15, 0.2) is 35.4 Å². The van der Waals surface area contributed by atoms with Crippen molar-refractivity contribution in [3.8, 4) is 0 Å². The van der Waals surface area contributed by atoms with Gasteiger partial charge in [0.1, 0.15) is 5.56 Å². The number of ether oxygens (including phenoxy) is 1.